The predicted molar refractivity (Wildman–Crippen MR) is 169 cm³/mol. The van der Waals surface area contributed by atoms with E-state index in [2.05, 4.69) is 34.1 Å². The number of carbonyl (C=O) groups is 2. The van der Waals surface area contributed by atoms with Crippen LogP contribution in [0.3, 0.4) is 0 Å². The summed E-state index contributed by atoms with van der Waals surface area (Å²) < 4.78 is 1.00. The summed E-state index contributed by atoms with van der Waals surface area (Å²) in [6, 6.07) is 38.6. The van der Waals surface area contributed by atoms with Crippen molar-refractivity contribution in [2.45, 2.75) is 6.42 Å². The maximum atomic E-state index is 14.1. The van der Waals surface area contributed by atoms with Crippen molar-refractivity contribution in [3.05, 3.63) is 148 Å². The lowest BCUT2D eigenvalue weighted by atomic mass is 9.92. The number of benzene rings is 5. The lowest BCUT2D eigenvalue weighted by Gasteiger charge is -2.36. The first-order chi connectivity index (χ1) is 19.5. The van der Waals surface area contributed by atoms with E-state index < -0.39 is 11.8 Å². The zero-order chi connectivity index (χ0) is 27.6. The number of hydrogen-bond donors (Lipinski definition) is 0. The van der Waals surface area contributed by atoms with Gasteiger partial charge < -0.3 is 0 Å². The highest BCUT2D eigenvalue weighted by Gasteiger charge is 2.41. The molecule has 1 aliphatic rings. The van der Waals surface area contributed by atoms with Crippen LogP contribution in [0.1, 0.15) is 16.7 Å². The molecular formula is C34H23BrN2O2S. The minimum Gasteiger partial charge on any atom is -0.268 e. The second kappa shape index (κ2) is 11.0. The summed E-state index contributed by atoms with van der Waals surface area (Å²) in [5.41, 5.74) is 4.19. The van der Waals surface area contributed by atoms with Crippen molar-refractivity contribution < 1.29 is 9.59 Å². The van der Waals surface area contributed by atoms with E-state index in [1.807, 2.05) is 103 Å². The van der Waals surface area contributed by atoms with E-state index >= 15 is 0 Å². The molecule has 5 aromatic carbocycles. The Morgan fingerprint density at radius 3 is 1.80 bits per heavy atom. The average Bonchev–Trinajstić information content (AvgIpc) is 2.98. The molecule has 1 fully saturated rings. The summed E-state index contributed by atoms with van der Waals surface area (Å²) in [5.74, 6) is -0.902. The summed E-state index contributed by atoms with van der Waals surface area (Å²) in [5, 5.41) is 2.11. The van der Waals surface area contributed by atoms with Crippen LogP contribution in [0, 0.1) is 0 Å². The normalized spacial score (nSPS) is 13.7. The van der Waals surface area contributed by atoms with Gasteiger partial charge in [0, 0.05) is 4.47 Å². The number of fused-ring (bicyclic) bond motifs is 1. The maximum Gasteiger partial charge on any atom is 0.270 e. The van der Waals surface area contributed by atoms with Crippen LogP contribution in [0.5, 0.6) is 0 Å². The standard InChI is InChI=1S/C34H23BrN2O2S/c35-31-18-10-8-12-25(31)21-24-20-19-23-11-7-9-17-28(23)29(24)22-30-32(38)36(26-13-3-1-4-14-26)34(40)37(33(30)39)27-15-5-2-6-16-27/h1-20,22H,21H2. The molecule has 0 aromatic heterocycles. The van der Waals surface area contributed by atoms with Gasteiger partial charge in [-0.25, -0.2) is 0 Å². The van der Waals surface area contributed by atoms with Gasteiger partial charge >= 0.3 is 0 Å². The van der Waals surface area contributed by atoms with Crippen LogP contribution >= 0.6 is 28.1 Å². The summed E-state index contributed by atoms with van der Waals surface area (Å²) >= 11 is 9.43. The summed E-state index contributed by atoms with van der Waals surface area (Å²) in [6.45, 7) is 0. The monoisotopic (exact) mass is 602 g/mol. The molecule has 1 aliphatic heterocycles. The van der Waals surface area contributed by atoms with Crippen LogP contribution in [0.25, 0.3) is 16.8 Å². The highest BCUT2D eigenvalue weighted by atomic mass is 79.9. The number of thiocarbonyl (C=S) groups is 1. The first-order valence-corrected chi connectivity index (χ1v) is 14.0. The lowest BCUT2D eigenvalue weighted by molar-refractivity contribution is -0.120. The topological polar surface area (TPSA) is 40.6 Å². The second-order valence-electron chi connectivity index (χ2n) is 9.42. The Labute approximate surface area is 246 Å². The van der Waals surface area contributed by atoms with Crippen LogP contribution < -0.4 is 9.80 Å². The van der Waals surface area contributed by atoms with Gasteiger partial charge in [-0.2, -0.15) is 0 Å². The van der Waals surface area contributed by atoms with Gasteiger partial charge in [-0.1, -0.05) is 107 Å². The van der Waals surface area contributed by atoms with Crippen molar-refractivity contribution >= 4 is 73.3 Å². The highest BCUT2D eigenvalue weighted by molar-refractivity contribution is 9.10. The number of rotatable bonds is 5. The first kappa shape index (κ1) is 25.9. The van der Waals surface area contributed by atoms with E-state index in [-0.39, 0.29) is 10.7 Å². The number of para-hydroxylation sites is 2. The zero-order valence-electron chi connectivity index (χ0n) is 21.3. The largest absolute Gasteiger partial charge is 0.270 e. The molecule has 40 heavy (non-hydrogen) atoms. The van der Waals surface area contributed by atoms with E-state index in [1.165, 1.54) is 9.80 Å². The zero-order valence-corrected chi connectivity index (χ0v) is 23.7. The molecule has 0 radical (unpaired) electrons. The average molecular weight is 604 g/mol. The summed E-state index contributed by atoms with van der Waals surface area (Å²) in [4.78, 5) is 31.1. The third-order valence-corrected chi connectivity index (χ3v) is 8.11. The third kappa shape index (κ3) is 4.76. The van der Waals surface area contributed by atoms with Gasteiger partial charge in [0.25, 0.3) is 11.8 Å². The molecule has 0 saturated carbocycles. The second-order valence-corrected chi connectivity index (χ2v) is 10.6. The van der Waals surface area contributed by atoms with Crippen LogP contribution in [-0.4, -0.2) is 16.9 Å². The molecule has 0 spiro atoms. The molecular weight excluding hydrogens is 580 g/mol. The van der Waals surface area contributed by atoms with Crippen LogP contribution in [0.2, 0.25) is 0 Å². The molecule has 2 amide bonds. The highest BCUT2D eigenvalue weighted by Crippen LogP contribution is 2.33. The van der Waals surface area contributed by atoms with E-state index in [0.29, 0.717) is 17.8 Å². The number of amides is 2. The van der Waals surface area contributed by atoms with Crippen molar-refractivity contribution in [1.82, 2.24) is 0 Å². The Morgan fingerprint density at radius 1 is 0.625 bits per heavy atom. The molecule has 4 nitrogen and oxygen atoms in total. The first-order valence-electron chi connectivity index (χ1n) is 12.8. The predicted octanol–water partition coefficient (Wildman–Crippen LogP) is 7.94. The van der Waals surface area contributed by atoms with Gasteiger partial charge in [0.15, 0.2) is 5.11 Å². The van der Waals surface area contributed by atoms with Crippen molar-refractivity contribution in [3.8, 4) is 0 Å². The van der Waals surface area contributed by atoms with E-state index in [1.54, 1.807) is 6.08 Å². The Balaban J connectivity index is 1.56. The smallest absolute Gasteiger partial charge is 0.268 e. The molecule has 1 heterocycles. The molecule has 194 valence electrons. The van der Waals surface area contributed by atoms with Gasteiger partial charge in [-0.05, 0) is 82.5 Å². The molecule has 0 unspecified atom stereocenters. The van der Waals surface area contributed by atoms with E-state index in [0.717, 1.165) is 31.9 Å². The van der Waals surface area contributed by atoms with Crippen molar-refractivity contribution in [2.75, 3.05) is 9.80 Å². The number of anilines is 2. The Morgan fingerprint density at radius 2 is 1.18 bits per heavy atom. The number of hydrogen-bond acceptors (Lipinski definition) is 3. The van der Waals surface area contributed by atoms with Crippen LogP contribution in [0.4, 0.5) is 11.4 Å². The van der Waals surface area contributed by atoms with E-state index in [9.17, 15) is 9.59 Å². The van der Waals surface area contributed by atoms with Gasteiger partial charge in [-0.15, -0.1) is 0 Å². The minimum atomic E-state index is -0.451. The molecule has 6 rings (SSSR count). The van der Waals surface area contributed by atoms with Crippen molar-refractivity contribution in [1.29, 1.82) is 0 Å². The number of nitrogens with zero attached hydrogens (tertiary/aromatic N) is 2. The number of halogens is 1. The van der Waals surface area contributed by atoms with Gasteiger partial charge in [0.1, 0.15) is 5.57 Å². The molecule has 0 N–H and O–H groups in total. The summed E-state index contributed by atoms with van der Waals surface area (Å²) in [7, 11) is 0. The molecule has 0 atom stereocenters. The van der Waals surface area contributed by atoms with E-state index in [4.69, 9.17) is 12.2 Å². The molecule has 1 saturated heterocycles. The fraction of sp³-hybridized carbons (Fsp3) is 0.0294. The Hall–Kier alpha value is -4.39. The fourth-order valence-corrected chi connectivity index (χ4v) is 5.80. The fourth-order valence-electron chi connectivity index (χ4n) is 5.00. The summed E-state index contributed by atoms with van der Waals surface area (Å²) in [6.07, 6.45) is 2.36. The third-order valence-electron chi connectivity index (χ3n) is 6.97. The molecule has 5 aromatic rings. The van der Waals surface area contributed by atoms with Gasteiger partial charge in [0.05, 0.1) is 11.4 Å². The minimum absolute atomic E-state index is 0.0473. The maximum absolute atomic E-state index is 14.1. The molecule has 0 bridgehead atoms. The van der Waals surface area contributed by atoms with Crippen LogP contribution in [-0.2, 0) is 16.0 Å². The Bertz CT molecular complexity index is 1740. The quantitative estimate of drug-likeness (QED) is 0.116. The molecule has 6 heteroatoms. The molecule has 0 aliphatic carbocycles. The Kier molecular flexibility index (Phi) is 7.11. The lowest BCUT2D eigenvalue weighted by Crippen LogP contribution is -2.56. The van der Waals surface area contributed by atoms with Gasteiger partial charge in [0.2, 0.25) is 0 Å². The SMILES string of the molecule is O=C1C(=Cc2c(Cc3ccccc3Br)ccc3ccccc23)C(=O)N(c2ccccc2)C(=S)N1c1ccccc1. The number of carbonyl (C=O) groups excluding carboxylic acids is 2. The van der Waals surface area contributed by atoms with Crippen molar-refractivity contribution in [2.24, 2.45) is 0 Å². The van der Waals surface area contributed by atoms with Gasteiger partial charge in [-0.3, -0.25) is 19.4 Å². The van der Waals surface area contributed by atoms with Crippen molar-refractivity contribution in [3.63, 3.8) is 0 Å². The van der Waals surface area contributed by atoms with Crippen LogP contribution in [0.15, 0.2) is 131 Å².